The highest BCUT2D eigenvalue weighted by Crippen LogP contribution is 2.17. The summed E-state index contributed by atoms with van der Waals surface area (Å²) in [4.78, 5) is 17.5. The number of carbonyl (C=O) groups excluding carboxylic acids is 1. The first kappa shape index (κ1) is 20.9. The molecule has 0 saturated heterocycles. The minimum atomic E-state index is -0.377. The average Bonchev–Trinajstić information content (AvgIpc) is 2.86. The Kier molecular flexibility index (Phi) is 6.58. The Balaban J connectivity index is 1.77. The molecule has 5 heteroatoms. The van der Waals surface area contributed by atoms with Crippen molar-refractivity contribution in [2.24, 2.45) is 5.10 Å². The molecule has 1 aromatic heterocycles. The van der Waals surface area contributed by atoms with Gasteiger partial charge in [0.15, 0.2) is 5.82 Å². The zero-order valence-corrected chi connectivity index (χ0v) is 17.2. The van der Waals surface area contributed by atoms with Crippen molar-refractivity contribution < 1.29 is 9.18 Å². The number of benzene rings is 3. The van der Waals surface area contributed by atoms with Crippen LogP contribution in [0.1, 0.15) is 16.7 Å². The van der Waals surface area contributed by atoms with Gasteiger partial charge in [0, 0.05) is 23.4 Å². The van der Waals surface area contributed by atoms with Crippen molar-refractivity contribution in [3.8, 4) is 0 Å². The number of nitrogens with zero attached hydrogens (tertiary/aromatic N) is 3. The molecular weight excluding hydrogens is 401 g/mol. The second kappa shape index (κ2) is 10.1. The lowest BCUT2D eigenvalue weighted by molar-refractivity contribution is -0.114. The van der Waals surface area contributed by atoms with Gasteiger partial charge < -0.3 is 0 Å². The van der Waals surface area contributed by atoms with Crippen LogP contribution in [0.2, 0.25) is 0 Å². The van der Waals surface area contributed by atoms with E-state index >= 15 is 0 Å². The van der Waals surface area contributed by atoms with E-state index in [9.17, 15) is 9.18 Å². The first-order chi connectivity index (χ1) is 15.7. The Labute approximate surface area is 186 Å². The molecule has 0 aliphatic carbocycles. The molecule has 3 aromatic carbocycles. The van der Waals surface area contributed by atoms with Gasteiger partial charge in [-0.2, -0.15) is 10.1 Å². The Morgan fingerprint density at radius 3 is 1.94 bits per heavy atom. The fourth-order valence-electron chi connectivity index (χ4n) is 3.08. The first-order valence-corrected chi connectivity index (χ1v) is 10.1. The van der Waals surface area contributed by atoms with Crippen LogP contribution in [0.4, 0.5) is 10.2 Å². The van der Waals surface area contributed by atoms with Gasteiger partial charge in [0.25, 0.3) is 5.91 Å². The highest BCUT2D eigenvalue weighted by Gasteiger charge is 2.17. The maximum atomic E-state index is 13.2. The summed E-state index contributed by atoms with van der Waals surface area (Å²) in [6, 6.07) is 30.5. The van der Waals surface area contributed by atoms with E-state index in [0.717, 1.165) is 11.1 Å². The molecule has 156 valence electrons. The summed E-state index contributed by atoms with van der Waals surface area (Å²) in [7, 11) is 0. The van der Waals surface area contributed by atoms with Crippen LogP contribution in [0.25, 0.3) is 6.08 Å². The molecule has 0 aliphatic rings. The van der Waals surface area contributed by atoms with Crippen LogP contribution in [0.3, 0.4) is 0 Å². The molecule has 0 N–H and O–H groups in total. The number of hydrogen-bond acceptors (Lipinski definition) is 3. The zero-order valence-electron chi connectivity index (χ0n) is 17.2. The number of hydrogen-bond donors (Lipinski definition) is 0. The quantitative estimate of drug-likeness (QED) is 0.227. The van der Waals surface area contributed by atoms with E-state index in [-0.39, 0.29) is 11.7 Å². The predicted octanol–water partition coefficient (Wildman–Crippen LogP) is 5.72. The van der Waals surface area contributed by atoms with E-state index in [2.05, 4.69) is 4.98 Å². The second-order valence-corrected chi connectivity index (χ2v) is 6.90. The number of rotatable bonds is 6. The summed E-state index contributed by atoms with van der Waals surface area (Å²) < 4.78 is 13.2. The van der Waals surface area contributed by atoms with Gasteiger partial charge in [-0.25, -0.2) is 9.37 Å². The number of amides is 1. The summed E-state index contributed by atoms with van der Waals surface area (Å²) in [5.74, 6) is -0.313. The maximum absolute atomic E-state index is 13.2. The van der Waals surface area contributed by atoms with Gasteiger partial charge in [-0.3, -0.25) is 4.79 Å². The van der Waals surface area contributed by atoms with Gasteiger partial charge in [-0.1, -0.05) is 78.9 Å². The van der Waals surface area contributed by atoms with Crippen molar-refractivity contribution in [3.63, 3.8) is 0 Å². The van der Waals surface area contributed by atoms with Crippen LogP contribution >= 0.6 is 0 Å². The third-order valence-corrected chi connectivity index (χ3v) is 4.66. The predicted molar refractivity (Wildman–Crippen MR) is 126 cm³/mol. The van der Waals surface area contributed by atoms with E-state index in [4.69, 9.17) is 5.10 Å². The van der Waals surface area contributed by atoms with E-state index < -0.39 is 0 Å². The monoisotopic (exact) mass is 421 g/mol. The molecule has 0 atom stereocenters. The van der Waals surface area contributed by atoms with Gasteiger partial charge in [0.1, 0.15) is 5.82 Å². The van der Waals surface area contributed by atoms with E-state index in [0.29, 0.717) is 17.1 Å². The Bertz CT molecular complexity index is 1180. The zero-order chi connectivity index (χ0) is 22.2. The summed E-state index contributed by atoms with van der Waals surface area (Å²) in [6.45, 7) is 0. The largest absolute Gasteiger partial charge is 0.272 e. The smallest absolute Gasteiger partial charge is 0.267 e. The molecule has 1 amide bonds. The molecule has 0 fully saturated rings. The summed E-state index contributed by atoms with van der Waals surface area (Å²) in [5.41, 5.74) is 3.08. The first-order valence-electron chi connectivity index (χ1n) is 10.1. The SMILES string of the molecule is O=C(/C=C/c1ccc(F)cc1)N(N=C(c1ccccc1)c1ccccc1)c1ccccn1. The molecule has 0 unspecified atom stereocenters. The molecule has 4 rings (SSSR count). The summed E-state index contributed by atoms with van der Waals surface area (Å²) >= 11 is 0. The van der Waals surface area contributed by atoms with Crippen LogP contribution in [0.5, 0.6) is 0 Å². The number of halogens is 1. The Hall–Kier alpha value is -4.38. The van der Waals surface area contributed by atoms with E-state index in [1.807, 2.05) is 60.7 Å². The number of aromatic nitrogens is 1. The number of anilines is 1. The van der Waals surface area contributed by atoms with Gasteiger partial charge in [0.2, 0.25) is 0 Å². The number of hydrazone groups is 1. The normalized spacial score (nSPS) is 10.7. The van der Waals surface area contributed by atoms with Gasteiger partial charge in [-0.15, -0.1) is 0 Å². The van der Waals surface area contributed by atoms with Crippen molar-refractivity contribution in [3.05, 3.63) is 138 Å². The maximum Gasteiger partial charge on any atom is 0.272 e. The molecule has 4 aromatic rings. The molecule has 0 aliphatic heterocycles. The van der Waals surface area contributed by atoms with Crippen molar-refractivity contribution in [2.75, 3.05) is 5.01 Å². The third kappa shape index (κ3) is 5.21. The molecular formula is C27H20FN3O. The van der Waals surface area contributed by atoms with E-state index in [1.54, 1.807) is 42.6 Å². The standard InChI is InChI=1S/C27H20FN3O/c28-24-17-14-21(15-18-24)16-19-26(32)31(25-13-7-8-20-29-25)30-27(22-9-3-1-4-10-22)23-11-5-2-6-12-23/h1-20H/b19-16+. The molecule has 0 spiro atoms. The van der Waals surface area contributed by atoms with Crippen LogP contribution in [-0.4, -0.2) is 16.6 Å². The fraction of sp³-hybridized carbons (Fsp3) is 0. The topological polar surface area (TPSA) is 45.6 Å². The molecule has 0 radical (unpaired) electrons. The van der Waals surface area contributed by atoms with E-state index in [1.165, 1.54) is 23.2 Å². The Morgan fingerprint density at radius 2 is 1.38 bits per heavy atom. The van der Waals surface area contributed by atoms with Crippen molar-refractivity contribution >= 4 is 23.5 Å². The Morgan fingerprint density at radius 1 is 0.781 bits per heavy atom. The van der Waals surface area contributed by atoms with Crippen molar-refractivity contribution in [1.82, 2.24) is 4.98 Å². The summed E-state index contributed by atoms with van der Waals surface area (Å²) in [5, 5.41) is 6.01. The van der Waals surface area contributed by atoms with Crippen LogP contribution in [0.15, 0.2) is 121 Å². The van der Waals surface area contributed by atoms with Crippen molar-refractivity contribution in [1.29, 1.82) is 0 Å². The van der Waals surface area contributed by atoms with Gasteiger partial charge in [0.05, 0.1) is 5.71 Å². The van der Waals surface area contributed by atoms with Crippen LogP contribution in [0, 0.1) is 5.82 Å². The highest BCUT2D eigenvalue weighted by atomic mass is 19.1. The van der Waals surface area contributed by atoms with Crippen LogP contribution < -0.4 is 5.01 Å². The molecule has 1 heterocycles. The lowest BCUT2D eigenvalue weighted by Gasteiger charge is -2.17. The minimum absolute atomic E-state index is 0.330. The number of pyridine rings is 1. The fourth-order valence-corrected chi connectivity index (χ4v) is 3.08. The average molecular weight is 421 g/mol. The molecule has 32 heavy (non-hydrogen) atoms. The molecule has 4 nitrogen and oxygen atoms in total. The third-order valence-electron chi connectivity index (χ3n) is 4.66. The second-order valence-electron chi connectivity index (χ2n) is 6.90. The minimum Gasteiger partial charge on any atom is -0.267 e. The van der Waals surface area contributed by atoms with Gasteiger partial charge >= 0.3 is 0 Å². The van der Waals surface area contributed by atoms with Gasteiger partial charge in [-0.05, 0) is 35.9 Å². The van der Waals surface area contributed by atoms with Crippen molar-refractivity contribution in [2.45, 2.75) is 0 Å². The molecule has 0 bridgehead atoms. The number of carbonyl (C=O) groups is 1. The highest BCUT2D eigenvalue weighted by molar-refractivity contribution is 6.15. The lowest BCUT2D eigenvalue weighted by atomic mass is 10.0. The summed E-state index contributed by atoms with van der Waals surface area (Å²) in [6.07, 6.45) is 4.64. The van der Waals surface area contributed by atoms with Crippen LogP contribution in [-0.2, 0) is 4.79 Å². The molecule has 0 saturated carbocycles. The lowest BCUT2D eigenvalue weighted by Crippen LogP contribution is -2.26.